The van der Waals surface area contributed by atoms with Gasteiger partial charge in [-0.3, -0.25) is 14.5 Å². The molecule has 0 aliphatic heterocycles. The molecule has 0 saturated heterocycles. The summed E-state index contributed by atoms with van der Waals surface area (Å²) in [7, 11) is 6.55. The zero-order valence-electron chi connectivity index (χ0n) is 27.2. The second kappa shape index (κ2) is 16.6. The Balaban J connectivity index is 0.00000330. The molecule has 14 heteroatoms. The molecule has 0 radical (unpaired) electrons. The van der Waals surface area contributed by atoms with E-state index in [-0.39, 0.29) is 30.4 Å². The zero-order chi connectivity index (χ0) is 32.9. The zero-order valence-corrected chi connectivity index (χ0v) is 27.2. The van der Waals surface area contributed by atoms with Gasteiger partial charge in [-0.15, -0.1) is 0 Å². The topological polar surface area (TPSA) is 161 Å². The Hall–Kier alpha value is -5.01. The molecule has 238 valence electrons. The van der Waals surface area contributed by atoms with Gasteiger partial charge in [0.1, 0.15) is 29.1 Å². The highest BCUT2D eigenvalue weighted by atomic mass is 16.6. The number of aliphatic imine (C=N–C) groups is 1. The van der Waals surface area contributed by atoms with Crippen molar-refractivity contribution in [3.05, 3.63) is 48.4 Å². The number of ether oxygens (including phenoxy) is 2. The Morgan fingerprint density at radius 1 is 1.18 bits per heavy atom. The van der Waals surface area contributed by atoms with Crippen LogP contribution in [0, 0.1) is 0 Å². The Labute approximate surface area is 259 Å². The molecule has 3 rings (SSSR count). The molecule has 0 unspecified atom stereocenters. The highest BCUT2D eigenvalue weighted by Crippen LogP contribution is 2.36. The van der Waals surface area contributed by atoms with Crippen molar-refractivity contribution in [3.8, 4) is 17.1 Å². The third-order valence-corrected chi connectivity index (χ3v) is 5.59. The predicted octanol–water partition coefficient (Wildman–Crippen LogP) is 4.66. The first-order chi connectivity index (χ1) is 20.9. The van der Waals surface area contributed by atoms with Gasteiger partial charge in [-0.1, -0.05) is 26.0 Å². The summed E-state index contributed by atoms with van der Waals surface area (Å²) >= 11 is 0. The van der Waals surface area contributed by atoms with Gasteiger partial charge in [-0.2, -0.15) is 10.1 Å². The third-order valence-electron chi connectivity index (χ3n) is 5.59. The van der Waals surface area contributed by atoms with E-state index in [1.165, 1.54) is 18.2 Å². The van der Waals surface area contributed by atoms with Gasteiger partial charge in [0.25, 0.3) is 5.91 Å². The van der Waals surface area contributed by atoms with Crippen LogP contribution in [0.15, 0.2) is 47.9 Å². The third kappa shape index (κ3) is 10.1. The number of aryl methyl sites for hydroxylation is 1. The number of amidine groups is 1. The van der Waals surface area contributed by atoms with Gasteiger partial charge in [0.15, 0.2) is 11.6 Å². The Morgan fingerprint density at radius 3 is 2.50 bits per heavy atom. The number of likely N-dealkylation sites (N-methyl/N-ethyl adjacent to an activating group) is 1. The molecule has 3 aromatic rings. The molecule has 0 bridgehead atoms. The summed E-state index contributed by atoms with van der Waals surface area (Å²) in [5.41, 5.74) is 0.733. The lowest BCUT2D eigenvalue weighted by Crippen LogP contribution is -2.39. The van der Waals surface area contributed by atoms with Crippen LogP contribution >= 0.6 is 0 Å². The number of hydrogen-bond acceptors (Lipinski definition) is 10. The summed E-state index contributed by atoms with van der Waals surface area (Å²) < 4.78 is 12.7. The van der Waals surface area contributed by atoms with E-state index in [4.69, 9.17) is 9.47 Å². The van der Waals surface area contributed by atoms with E-state index in [1.807, 2.05) is 39.0 Å². The van der Waals surface area contributed by atoms with Crippen molar-refractivity contribution in [2.75, 3.05) is 44.9 Å². The largest absolute Gasteiger partial charge is 0.494 e. The van der Waals surface area contributed by atoms with Crippen LogP contribution in [0.25, 0.3) is 11.4 Å². The molecule has 0 atom stereocenters. The number of rotatable bonds is 10. The molecule has 0 fully saturated rings. The molecule has 2 aromatic heterocycles. The first kappa shape index (κ1) is 35.2. The minimum absolute atomic E-state index is 0.171. The SMILES string of the molecule is C/C=C\C(=NC)Nc1ncc(C(=O)NCCN(C)C(=O)OC(C)(C)C)c(Nc2cccc(-c3ncn(C)n3)c2OC)n1.CC. The van der Waals surface area contributed by atoms with E-state index in [1.54, 1.807) is 65.1 Å². The van der Waals surface area contributed by atoms with Crippen molar-refractivity contribution >= 4 is 35.3 Å². The van der Waals surface area contributed by atoms with Gasteiger partial charge < -0.3 is 30.3 Å². The van der Waals surface area contributed by atoms with Gasteiger partial charge >= 0.3 is 6.09 Å². The van der Waals surface area contributed by atoms with Crippen molar-refractivity contribution in [2.24, 2.45) is 12.0 Å². The number of nitrogens with one attached hydrogen (secondary N) is 3. The lowest BCUT2D eigenvalue weighted by molar-refractivity contribution is 0.0299. The summed E-state index contributed by atoms with van der Waals surface area (Å²) in [6, 6.07) is 5.44. The van der Waals surface area contributed by atoms with Crippen molar-refractivity contribution in [1.29, 1.82) is 0 Å². The quantitative estimate of drug-likeness (QED) is 0.218. The first-order valence-electron chi connectivity index (χ1n) is 14.2. The number of nitrogens with zero attached hydrogens (tertiary/aromatic N) is 7. The van der Waals surface area contributed by atoms with Gasteiger partial charge in [-0.05, 0) is 45.9 Å². The second-order valence-electron chi connectivity index (χ2n) is 10.1. The summed E-state index contributed by atoms with van der Waals surface area (Å²) in [6.45, 7) is 11.6. The fourth-order valence-corrected chi connectivity index (χ4v) is 3.63. The lowest BCUT2D eigenvalue weighted by Gasteiger charge is -2.24. The van der Waals surface area contributed by atoms with Crippen LogP contribution in [0.5, 0.6) is 5.75 Å². The molecule has 2 amide bonds. The number of para-hydroxylation sites is 1. The van der Waals surface area contributed by atoms with Gasteiger partial charge in [0.05, 0.1) is 18.4 Å². The van der Waals surface area contributed by atoms with Gasteiger partial charge in [-0.25, -0.2) is 14.8 Å². The summed E-state index contributed by atoms with van der Waals surface area (Å²) in [6.07, 6.45) is 6.11. The van der Waals surface area contributed by atoms with Crippen LogP contribution in [-0.4, -0.2) is 87.4 Å². The Bertz CT molecular complexity index is 1460. The average Bonchev–Trinajstić information content (AvgIpc) is 3.42. The number of anilines is 3. The van der Waals surface area contributed by atoms with E-state index >= 15 is 0 Å². The minimum Gasteiger partial charge on any atom is -0.494 e. The Morgan fingerprint density at radius 2 is 1.91 bits per heavy atom. The summed E-state index contributed by atoms with van der Waals surface area (Å²) in [4.78, 5) is 44.3. The van der Waals surface area contributed by atoms with E-state index in [0.717, 1.165) is 0 Å². The van der Waals surface area contributed by atoms with Crippen molar-refractivity contribution in [3.63, 3.8) is 0 Å². The maximum atomic E-state index is 13.3. The standard InChI is InChI=1S/C28H38N10O4.C2H6/c1-9-11-21(29-5)34-26-31-16-19(25(39)30-14-15-37(6)27(40)42-28(2,3)4)24(35-26)33-20-13-10-12-18(22(20)41-8)23-32-17-38(7)36-23;1-2/h9-13,16-17H,14-15H2,1-8H3,(H,30,39)(H2,29,31,33,34,35);1-2H3/b11-9-;. The van der Waals surface area contributed by atoms with E-state index in [2.05, 4.69) is 41.0 Å². The molecule has 0 aliphatic rings. The van der Waals surface area contributed by atoms with E-state index in [0.29, 0.717) is 28.7 Å². The molecule has 44 heavy (non-hydrogen) atoms. The highest BCUT2D eigenvalue weighted by Gasteiger charge is 2.21. The van der Waals surface area contributed by atoms with E-state index in [9.17, 15) is 9.59 Å². The van der Waals surface area contributed by atoms with Crippen LogP contribution in [0.1, 0.15) is 51.9 Å². The van der Waals surface area contributed by atoms with Crippen LogP contribution in [0.2, 0.25) is 0 Å². The minimum atomic E-state index is -0.622. The molecular formula is C30H44N10O4. The Kier molecular flexibility index (Phi) is 13.3. The van der Waals surface area contributed by atoms with Crippen LogP contribution in [0.3, 0.4) is 0 Å². The molecular weight excluding hydrogens is 564 g/mol. The fraction of sp³-hybridized carbons (Fsp3) is 0.433. The van der Waals surface area contributed by atoms with Gasteiger partial charge in [0.2, 0.25) is 5.95 Å². The highest BCUT2D eigenvalue weighted by molar-refractivity contribution is 6.03. The fourth-order valence-electron chi connectivity index (χ4n) is 3.63. The molecule has 14 nitrogen and oxygen atoms in total. The van der Waals surface area contributed by atoms with Crippen LogP contribution in [-0.2, 0) is 11.8 Å². The number of carbonyl (C=O) groups is 2. The second-order valence-corrected chi connectivity index (χ2v) is 10.1. The maximum absolute atomic E-state index is 13.3. The number of amides is 2. The molecule has 3 N–H and O–H groups in total. The molecule has 0 saturated carbocycles. The molecule has 2 heterocycles. The van der Waals surface area contributed by atoms with Crippen LogP contribution in [0.4, 0.5) is 22.2 Å². The number of carbonyl (C=O) groups excluding carboxylic acids is 2. The number of aromatic nitrogens is 5. The maximum Gasteiger partial charge on any atom is 0.410 e. The lowest BCUT2D eigenvalue weighted by atomic mass is 10.1. The predicted molar refractivity (Wildman–Crippen MR) is 173 cm³/mol. The van der Waals surface area contributed by atoms with Crippen LogP contribution < -0.4 is 20.7 Å². The van der Waals surface area contributed by atoms with Gasteiger partial charge in [0, 0.05) is 40.4 Å². The number of allylic oxidation sites excluding steroid dienone is 1. The average molecular weight is 609 g/mol. The van der Waals surface area contributed by atoms with Crippen molar-refractivity contribution in [1.82, 2.24) is 34.9 Å². The molecule has 1 aromatic carbocycles. The number of hydrogen-bond donors (Lipinski definition) is 3. The number of benzene rings is 1. The normalized spacial score (nSPS) is 11.4. The summed E-state index contributed by atoms with van der Waals surface area (Å²) in [5, 5.41) is 13.4. The number of methoxy groups -OCH3 is 1. The van der Waals surface area contributed by atoms with Crippen molar-refractivity contribution < 1.29 is 19.1 Å². The smallest absolute Gasteiger partial charge is 0.410 e. The molecule has 0 aliphatic carbocycles. The van der Waals surface area contributed by atoms with Crippen molar-refractivity contribution in [2.45, 2.75) is 47.1 Å². The van der Waals surface area contributed by atoms with E-state index < -0.39 is 17.6 Å². The summed E-state index contributed by atoms with van der Waals surface area (Å²) in [5.74, 6) is 1.47. The first-order valence-corrected chi connectivity index (χ1v) is 14.2. The monoisotopic (exact) mass is 608 g/mol. The molecule has 0 spiro atoms.